The summed E-state index contributed by atoms with van der Waals surface area (Å²) in [5, 5.41) is 9.06. The Morgan fingerprint density at radius 1 is 1.00 bits per heavy atom. The molecule has 1 heterocycles. The van der Waals surface area contributed by atoms with E-state index in [9.17, 15) is 14.0 Å². The lowest BCUT2D eigenvalue weighted by Crippen LogP contribution is -2.55. The summed E-state index contributed by atoms with van der Waals surface area (Å²) in [6.07, 6.45) is 0.164. The molecule has 1 fully saturated rings. The first kappa shape index (κ1) is 22.0. The van der Waals surface area contributed by atoms with E-state index in [0.717, 1.165) is 15.6 Å². The van der Waals surface area contributed by atoms with Crippen molar-refractivity contribution in [1.82, 2.24) is 0 Å². The van der Waals surface area contributed by atoms with Crippen molar-refractivity contribution in [1.29, 1.82) is 0 Å². The van der Waals surface area contributed by atoms with Gasteiger partial charge in [0.05, 0.1) is 12.0 Å². The molecular weight excluding hydrogens is 477 g/mol. The molecule has 0 radical (unpaired) electrons. The molecule has 32 heavy (non-hydrogen) atoms. The minimum absolute atomic E-state index is 0.0848. The van der Waals surface area contributed by atoms with E-state index in [1.165, 1.54) is 12.1 Å². The number of amides is 1. The third-order valence-electron chi connectivity index (χ3n) is 5.53. The smallest absolute Gasteiger partial charge is 0.303 e. The number of nitrogens with zero attached hydrogens (tertiary/aromatic N) is 1. The van der Waals surface area contributed by atoms with Gasteiger partial charge >= 0.3 is 5.97 Å². The zero-order valence-corrected chi connectivity index (χ0v) is 18.7. The fourth-order valence-electron chi connectivity index (χ4n) is 3.89. The van der Waals surface area contributed by atoms with Gasteiger partial charge in [-0.15, -0.1) is 0 Å². The Bertz CT molecular complexity index is 1100. The van der Waals surface area contributed by atoms with Crippen molar-refractivity contribution >= 4 is 33.5 Å². The summed E-state index contributed by atoms with van der Waals surface area (Å²) in [5.41, 5.74) is 2.50. The fourth-order valence-corrected chi connectivity index (χ4v) is 4.15. The number of β-lactam (4-membered cyclic amide) rings is 1. The molecule has 0 bridgehead atoms. The molecule has 0 spiro atoms. The first-order valence-electron chi connectivity index (χ1n) is 10.2. The van der Waals surface area contributed by atoms with Crippen LogP contribution in [0.5, 0.6) is 5.75 Å². The highest BCUT2D eigenvalue weighted by Crippen LogP contribution is 2.45. The van der Waals surface area contributed by atoms with Crippen LogP contribution in [0, 0.1) is 11.7 Å². The van der Waals surface area contributed by atoms with Gasteiger partial charge in [0, 0.05) is 16.6 Å². The SMILES string of the molecule is O=C(O)CCC1C(=O)N(c2ccc(F)cc2)C1c1ccc(OCc2ccc(Br)cc2)cc1. The molecule has 5 nitrogen and oxygen atoms in total. The minimum atomic E-state index is -0.937. The molecule has 1 aliphatic rings. The van der Waals surface area contributed by atoms with Crippen LogP contribution in [0.2, 0.25) is 0 Å². The molecule has 4 rings (SSSR count). The Hall–Kier alpha value is -3.19. The number of benzene rings is 3. The van der Waals surface area contributed by atoms with Gasteiger partial charge in [-0.05, 0) is 66.1 Å². The molecule has 0 saturated carbocycles. The Kier molecular flexibility index (Phi) is 6.55. The highest BCUT2D eigenvalue weighted by atomic mass is 79.9. The summed E-state index contributed by atoms with van der Waals surface area (Å²) < 4.78 is 20.2. The Balaban J connectivity index is 1.51. The van der Waals surface area contributed by atoms with Crippen LogP contribution in [0.4, 0.5) is 10.1 Å². The second-order valence-electron chi connectivity index (χ2n) is 7.65. The van der Waals surface area contributed by atoms with E-state index in [1.54, 1.807) is 17.0 Å². The number of carboxylic acid groups (broad SMARTS) is 1. The molecule has 0 aliphatic carbocycles. The molecule has 0 aromatic heterocycles. The minimum Gasteiger partial charge on any atom is -0.489 e. The molecule has 7 heteroatoms. The molecule has 3 aromatic rings. The first-order chi connectivity index (χ1) is 15.4. The summed E-state index contributed by atoms with van der Waals surface area (Å²) >= 11 is 3.41. The van der Waals surface area contributed by atoms with Gasteiger partial charge in [-0.25, -0.2) is 4.39 Å². The summed E-state index contributed by atoms with van der Waals surface area (Å²) in [4.78, 5) is 25.5. The number of halogens is 2. The van der Waals surface area contributed by atoms with Crippen molar-refractivity contribution < 1.29 is 23.8 Å². The van der Waals surface area contributed by atoms with E-state index in [4.69, 9.17) is 9.84 Å². The van der Waals surface area contributed by atoms with Crippen LogP contribution < -0.4 is 9.64 Å². The molecule has 3 aromatic carbocycles. The van der Waals surface area contributed by atoms with Crippen LogP contribution in [0.1, 0.15) is 30.0 Å². The lowest BCUT2D eigenvalue weighted by molar-refractivity contribution is -0.138. The third kappa shape index (κ3) is 4.83. The van der Waals surface area contributed by atoms with Crippen molar-refractivity contribution in [3.8, 4) is 5.75 Å². The van der Waals surface area contributed by atoms with Gasteiger partial charge in [0.15, 0.2) is 0 Å². The highest BCUT2D eigenvalue weighted by Gasteiger charge is 2.48. The number of rotatable bonds is 8. The second-order valence-corrected chi connectivity index (χ2v) is 8.57. The summed E-state index contributed by atoms with van der Waals surface area (Å²) in [6.45, 7) is 0.428. The molecular formula is C25H21BrFNO4. The quantitative estimate of drug-likeness (QED) is 0.403. The van der Waals surface area contributed by atoms with Crippen LogP contribution in [-0.2, 0) is 16.2 Å². The van der Waals surface area contributed by atoms with Gasteiger partial charge < -0.3 is 14.7 Å². The van der Waals surface area contributed by atoms with Crippen LogP contribution in [0.15, 0.2) is 77.3 Å². The number of aliphatic carboxylic acids is 1. The largest absolute Gasteiger partial charge is 0.489 e. The number of anilines is 1. The van der Waals surface area contributed by atoms with Gasteiger partial charge in [0.2, 0.25) is 5.91 Å². The first-order valence-corrected chi connectivity index (χ1v) is 11.0. The van der Waals surface area contributed by atoms with Gasteiger partial charge in [0.1, 0.15) is 18.2 Å². The predicted molar refractivity (Wildman–Crippen MR) is 122 cm³/mol. The molecule has 164 valence electrons. The van der Waals surface area contributed by atoms with E-state index < -0.39 is 11.9 Å². The topological polar surface area (TPSA) is 66.8 Å². The number of hydrogen-bond donors (Lipinski definition) is 1. The van der Waals surface area contributed by atoms with Crippen LogP contribution in [-0.4, -0.2) is 17.0 Å². The van der Waals surface area contributed by atoms with Crippen LogP contribution in [0.3, 0.4) is 0 Å². The van der Waals surface area contributed by atoms with Gasteiger partial charge in [0.25, 0.3) is 0 Å². The summed E-state index contributed by atoms with van der Waals surface area (Å²) in [5.74, 6) is -1.22. The van der Waals surface area contributed by atoms with E-state index >= 15 is 0 Å². The molecule has 1 aliphatic heterocycles. The molecule has 2 unspecified atom stereocenters. The number of hydrogen-bond acceptors (Lipinski definition) is 3. The van der Waals surface area contributed by atoms with E-state index in [2.05, 4.69) is 15.9 Å². The van der Waals surface area contributed by atoms with E-state index in [0.29, 0.717) is 18.0 Å². The maximum Gasteiger partial charge on any atom is 0.303 e. The highest BCUT2D eigenvalue weighted by molar-refractivity contribution is 9.10. The summed E-state index contributed by atoms with van der Waals surface area (Å²) in [7, 11) is 0. The van der Waals surface area contributed by atoms with Crippen molar-refractivity contribution in [2.45, 2.75) is 25.5 Å². The zero-order chi connectivity index (χ0) is 22.7. The number of carboxylic acids is 1. The lowest BCUT2D eigenvalue weighted by Gasteiger charge is -2.47. The average Bonchev–Trinajstić information content (AvgIpc) is 2.78. The van der Waals surface area contributed by atoms with E-state index in [-0.39, 0.29) is 30.6 Å². The van der Waals surface area contributed by atoms with E-state index in [1.807, 2.05) is 48.5 Å². The Labute approximate surface area is 193 Å². The Morgan fingerprint density at radius 2 is 1.66 bits per heavy atom. The van der Waals surface area contributed by atoms with Crippen molar-refractivity contribution in [2.75, 3.05) is 4.90 Å². The molecule has 1 saturated heterocycles. The second kappa shape index (κ2) is 9.53. The predicted octanol–water partition coefficient (Wildman–Crippen LogP) is 5.74. The van der Waals surface area contributed by atoms with Gasteiger partial charge in [-0.3, -0.25) is 9.59 Å². The normalized spacial score (nSPS) is 17.7. The molecule has 1 N–H and O–H groups in total. The monoisotopic (exact) mass is 497 g/mol. The lowest BCUT2D eigenvalue weighted by atomic mass is 9.79. The number of ether oxygens (including phenoxy) is 1. The molecule has 1 amide bonds. The number of carbonyl (C=O) groups excluding carboxylic acids is 1. The van der Waals surface area contributed by atoms with Crippen molar-refractivity contribution in [3.63, 3.8) is 0 Å². The van der Waals surface area contributed by atoms with Gasteiger partial charge in [-0.1, -0.05) is 40.2 Å². The van der Waals surface area contributed by atoms with Gasteiger partial charge in [-0.2, -0.15) is 0 Å². The number of carbonyl (C=O) groups is 2. The van der Waals surface area contributed by atoms with Crippen LogP contribution in [0.25, 0.3) is 0 Å². The summed E-state index contributed by atoms with van der Waals surface area (Å²) in [6, 6.07) is 20.7. The average molecular weight is 498 g/mol. The molecule has 2 atom stereocenters. The maximum atomic E-state index is 13.3. The van der Waals surface area contributed by atoms with Crippen LogP contribution >= 0.6 is 15.9 Å². The third-order valence-corrected chi connectivity index (χ3v) is 6.06. The van der Waals surface area contributed by atoms with Crippen molar-refractivity contribution in [2.24, 2.45) is 5.92 Å². The maximum absolute atomic E-state index is 13.3. The Morgan fingerprint density at radius 3 is 2.28 bits per heavy atom. The zero-order valence-electron chi connectivity index (χ0n) is 17.1. The van der Waals surface area contributed by atoms with Crippen molar-refractivity contribution in [3.05, 3.63) is 94.2 Å². The fraction of sp³-hybridized carbons (Fsp3) is 0.200. The standard InChI is InChI=1S/C25H21BrFNO4/c26-18-5-1-16(2-6-18)15-32-21-11-3-17(4-12-21)24-22(13-14-23(29)30)25(31)28(24)20-9-7-19(27)8-10-20/h1-12,22,24H,13-15H2,(H,29,30).